The SMILES string of the molecule is Cc1cc(Cl)cnc1-c1c([C@H](OC(C)(C)C)C(=O)O)c(C)nc2c1c(C)c(C)n2Cc1cnn(C)c1. The summed E-state index contributed by atoms with van der Waals surface area (Å²) in [5.74, 6) is -1.08. The third kappa shape index (κ3) is 4.75. The predicted octanol–water partition coefficient (Wildman–Crippen LogP) is 5.71. The predicted molar refractivity (Wildman–Crippen MR) is 140 cm³/mol. The summed E-state index contributed by atoms with van der Waals surface area (Å²) in [6.45, 7) is 14.0. The topological polar surface area (TPSA) is 95.1 Å². The summed E-state index contributed by atoms with van der Waals surface area (Å²) >= 11 is 6.24. The Morgan fingerprint density at radius 3 is 2.44 bits per heavy atom. The molecule has 1 N–H and O–H groups in total. The number of pyridine rings is 2. The van der Waals surface area contributed by atoms with Crippen LogP contribution in [0.1, 0.15) is 60.5 Å². The number of ether oxygens (including phenoxy) is 1. The van der Waals surface area contributed by atoms with E-state index in [4.69, 9.17) is 21.3 Å². The standard InChI is InChI=1S/C27H32ClN5O3/c1-14-9-19(28)11-29-23(14)22-20-15(2)17(4)33(13-18-10-30-32(8)12-18)25(20)31-16(3)21(22)24(26(34)35)36-27(5,6)7/h9-12,24H,13H2,1-8H3,(H,34,35)/t24-/m0/s1. The molecule has 190 valence electrons. The van der Waals surface area contributed by atoms with Gasteiger partial charge >= 0.3 is 5.97 Å². The monoisotopic (exact) mass is 509 g/mol. The number of hydrogen-bond donors (Lipinski definition) is 1. The number of aliphatic carboxylic acids is 1. The largest absolute Gasteiger partial charge is 0.479 e. The average Bonchev–Trinajstić information content (AvgIpc) is 3.27. The van der Waals surface area contributed by atoms with Gasteiger partial charge < -0.3 is 14.4 Å². The van der Waals surface area contributed by atoms with Crippen LogP contribution in [0.2, 0.25) is 5.02 Å². The molecule has 0 aromatic carbocycles. The van der Waals surface area contributed by atoms with Crippen molar-refractivity contribution in [2.45, 2.75) is 66.7 Å². The van der Waals surface area contributed by atoms with Crippen molar-refractivity contribution in [1.82, 2.24) is 24.3 Å². The fraction of sp³-hybridized carbons (Fsp3) is 0.407. The summed E-state index contributed by atoms with van der Waals surface area (Å²) in [5, 5.41) is 16.0. The minimum Gasteiger partial charge on any atom is -0.479 e. The number of aryl methyl sites for hydroxylation is 4. The van der Waals surface area contributed by atoms with E-state index in [2.05, 4.69) is 21.6 Å². The molecule has 8 nitrogen and oxygen atoms in total. The number of fused-ring (bicyclic) bond motifs is 1. The van der Waals surface area contributed by atoms with Crippen molar-refractivity contribution >= 4 is 28.6 Å². The van der Waals surface area contributed by atoms with Crippen LogP contribution in [0.5, 0.6) is 0 Å². The Hall–Kier alpha value is -3.23. The van der Waals surface area contributed by atoms with E-state index in [0.717, 1.165) is 33.4 Å². The molecule has 0 saturated heterocycles. The second kappa shape index (κ2) is 9.33. The second-order valence-electron chi connectivity index (χ2n) is 10.3. The number of rotatable bonds is 6. The summed E-state index contributed by atoms with van der Waals surface area (Å²) in [6.07, 6.45) is 4.18. The van der Waals surface area contributed by atoms with Crippen molar-refractivity contribution in [3.8, 4) is 11.3 Å². The molecule has 0 saturated carbocycles. The molecule has 0 spiro atoms. The van der Waals surface area contributed by atoms with Gasteiger partial charge in [-0.3, -0.25) is 9.67 Å². The first kappa shape index (κ1) is 25.9. The van der Waals surface area contributed by atoms with Gasteiger partial charge in [0.1, 0.15) is 5.65 Å². The van der Waals surface area contributed by atoms with E-state index in [-0.39, 0.29) is 0 Å². The summed E-state index contributed by atoms with van der Waals surface area (Å²) in [7, 11) is 1.89. The van der Waals surface area contributed by atoms with Crippen LogP contribution in [0, 0.1) is 27.7 Å². The van der Waals surface area contributed by atoms with Gasteiger partial charge in [-0.15, -0.1) is 0 Å². The summed E-state index contributed by atoms with van der Waals surface area (Å²) in [5.41, 5.74) is 6.46. The number of aromatic nitrogens is 5. The van der Waals surface area contributed by atoms with Crippen molar-refractivity contribution in [3.05, 3.63) is 63.3 Å². The van der Waals surface area contributed by atoms with Gasteiger partial charge in [-0.1, -0.05) is 11.6 Å². The van der Waals surface area contributed by atoms with Crippen LogP contribution in [-0.2, 0) is 23.1 Å². The van der Waals surface area contributed by atoms with Crippen LogP contribution >= 0.6 is 11.6 Å². The van der Waals surface area contributed by atoms with Crippen molar-refractivity contribution in [2.75, 3.05) is 0 Å². The molecule has 4 aromatic heterocycles. The Morgan fingerprint density at radius 2 is 1.89 bits per heavy atom. The minimum absolute atomic E-state index is 0.504. The van der Waals surface area contributed by atoms with Gasteiger partial charge in [0.25, 0.3) is 0 Å². The van der Waals surface area contributed by atoms with Crippen LogP contribution in [0.25, 0.3) is 22.3 Å². The highest BCUT2D eigenvalue weighted by Crippen LogP contribution is 2.42. The van der Waals surface area contributed by atoms with Crippen LogP contribution < -0.4 is 0 Å². The quantitative estimate of drug-likeness (QED) is 0.358. The van der Waals surface area contributed by atoms with Crippen LogP contribution in [0.3, 0.4) is 0 Å². The lowest BCUT2D eigenvalue weighted by molar-refractivity contribution is -0.160. The molecule has 0 aliphatic heterocycles. The molecular formula is C27H32ClN5O3. The van der Waals surface area contributed by atoms with E-state index in [0.29, 0.717) is 34.1 Å². The third-order valence-electron chi connectivity index (χ3n) is 6.32. The summed E-state index contributed by atoms with van der Waals surface area (Å²) in [6, 6.07) is 1.84. The number of carboxylic acids is 1. The lowest BCUT2D eigenvalue weighted by Crippen LogP contribution is -2.28. The molecule has 36 heavy (non-hydrogen) atoms. The van der Waals surface area contributed by atoms with Gasteiger partial charge in [0, 0.05) is 52.9 Å². The van der Waals surface area contributed by atoms with Crippen LogP contribution in [0.15, 0.2) is 24.7 Å². The van der Waals surface area contributed by atoms with E-state index in [1.807, 2.05) is 67.1 Å². The maximum Gasteiger partial charge on any atom is 0.337 e. The smallest absolute Gasteiger partial charge is 0.337 e. The Balaban J connectivity index is 2.11. The molecule has 0 aliphatic carbocycles. The maximum atomic E-state index is 12.6. The zero-order valence-corrected chi connectivity index (χ0v) is 22.7. The fourth-order valence-corrected chi connectivity index (χ4v) is 4.89. The first-order valence-corrected chi connectivity index (χ1v) is 12.2. The molecule has 4 rings (SSSR count). The molecule has 0 unspecified atom stereocenters. The van der Waals surface area contributed by atoms with Gasteiger partial charge in [0.05, 0.1) is 29.1 Å². The molecule has 4 heterocycles. The van der Waals surface area contributed by atoms with Crippen molar-refractivity contribution in [2.24, 2.45) is 7.05 Å². The van der Waals surface area contributed by atoms with Crippen molar-refractivity contribution in [1.29, 1.82) is 0 Å². The molecule has 0 bridgehead atoms. The van der Waals surface area contributed by atoms with Gasteiger partial charge in [0.15, 0.2) is 6.10 Å². The highest BCUT2D eigenvalue weighted by molar-refractivity contribution is 6.30. The number of halogens is 1. The maximum absolute atomic E-state index is 12.6. The first-order chi connectivity index (χ1) is 16.8. The molecule has 4 aromatic rings. The number of carboxylic acid groups (broad SMARTS) is 1. The molecular weight excluding hydrogens is 478 g/mol. The Bertz CT molecular complexity index is 1480. The Labute approximate surface area is 215 Å². The minimum atomic E-state index is -1.23. The van der Waals surface area contributed by atoms with E-state index in [9.17, 15) is 9.90 Å². The molecule has 9 heteroatoms. The summed E-state index contributed by atoms with van der Waals surface area (Å²) < 4.78 is 10.0. The normalized spacial score (nSPS) is 12.9. The fourth-order valence-electron chi connectivity index (χ4n) is 4.68. The van der Waals surface area contributed by atoms with Gasteiger partial charge in [-0.2, -0.15) is 5.10 Å². The Morgan fingerprint density at radius 1 is 1.19 bits per heavy atom. The van der Waals surface area contributed by atoms with E-state index >= 15 is 0 Å². The van der Waals surface area contributed by atoms with E-state index in [1.165, 1.54) is 0 Å². The lowest BCUT2D eigenvalue weighted by atomic mass is 9.91. The van der Waals surface area contributed by atoms with Crippen LogP contribution in [-0.4, -0.2) is 41.0 Å². The van der Waals surface area contributed by atoms with Crippen LogP contribution in [0.4, 0.5) is 0 Å². The van der Waals surface area contributed by atoms with E-state index < -0.39 is 17.7 Å². The van der Waals surface area contributed by atoms with E-state index in [1.54, 1.807) is 10.9 Å². The molecule has 0 fully saturated rings. The van der Waals surface area contributed by atoms with Gasteiger partial charge in [-0.25, -0.2) is 9.78 Å². The van der Waals surface area contributed by atoms with Gasteiger partial charge in [0.2, 0.25) is 0 Å². The first-order valence-electron chi connectivity index (χ1n) is 11.8. The molecule has 1 atom stereocenters. The zero-order chi connectivity index (χ0) is 26.5. The second-order valence-corrected chi connectivity index (χ2v) is 10.7. The lowest BCUT2D eigenvalue weighted by Gasteiger charge is -2.28. The number of hydrogen-bond acceptors (Lipinski definition) is 5. The van der Waals surface area contributed by atoms with Crippen molar-refractivity contribution < 1.29 is 14.6 Å². The molecule has 0 aliphatic rings. The van der Waals surface area contributed by atoms with Gasteiger partial charge in [-0.05, 0) is 65.7 Å². The number of nitrogens with zero attached hydrogens (tertiary/aromatic N) is 5. The molecule has 0 amide bonds. The highest BCUT2D eigenvalue weighted by atomic mass is 35.5. The third-order valence-corrected chi connectivity index (χ3v) is 6.53. The molecule has 0 radical (unpaired) electrons. The highest BCUT2D eigenvalue weighted by Gasteiger charge is 2.34. The summed E-state index contributed by atoms with van der Waals surface area (Å²) in [4.78, 5) is 22.2. The number of carbonyl (C=O) groups is 1. The Kier molecular flexibility index (Phi) is 6.70. The van der Waals surface area contributed by atoms with Crippen molar-refractivity contribution in [3.63, 3.8) is 0 Å². The zero-order valence-electron chi connectivity index (χ0n) is 22.0. The average molecular weight is 510 g/mol.